The third kappa shape index (κ3) is 5.19. The van der Waals surface area contributed by atoms with E-state index in [0.717, 1.165) is 14.9 Å². The van der Waals surface area contributed by atoms with E-state index in [1.54, 1.807) is 14.2 Å². The van der Waals surface area contributed by atoms with Crippen molar-refractivity contribution in [1.82, 2.24) is 15.0 Å². The van der Waals surface area contributed by atoms with E-state index in [0.29, 0.717) is 17.5 Å². The number of benzene rings is 2. The minimum atomic E-state index is -0.183. The maximum absolute atomic E-state index is 12.2. The standard InChI is InChI=1S/C19H18IN3O4/c1-23(18(24)12-26-16-9-5-14(20)6-10-16)11-17-21-19(22-27-17)13-3-7-15(25-2)8-4-13/h3-10H,11-12H2,1-2H3. The van der Waals surface area contributed by atoms with E-state index >= 15 is 0 Å². The van der Waals surface area contributed by atoms with E-state index in [1.165, 1.54) is 4.90 Å². The minimum Gasteiger partial charge on any atom is -0.497 e. The van der Waals surface area contributed by atoms with E-state index in [2.05, 4.69) is 32.7 Å². The number of ether oxygens (including phenoxy) is 2. The molecule has 0 aliphatic rings. The van der Waals surface area contributed by atoms with Crippen molar-refractivity contribution in [2.75, 3.05) is 20.8 Å². The Bertz CT molecular complexity index is 894. The number of hydrogen-bond donors (Lipinski definition) is 0. The average molecular weight is 479 g/mol. The Kier molecular flexibility index (Phi) is 6.28. The van der Waals surface area contributed by atoms with E-state index in [-0.39, 0.29) is 19.1 Å². The van der Waals surface area contributed by atoms with Crippen LogP contribution in [0.2, 0.25) is 0 Å². The summed E-state index contributed by atoms with van der Waals surface area (Å²) in [6.07, 6.45) is 0. The van der Waals surface area contributed by atoms with Crippen molar-refractivity contribution >= 4 is 28.5 Å². The summed E-state index contributed by atoms with van der Waals surface area (Å²) in [5, 5.41) is 3.96. The number of rotatable bonds is 7. The summed E-state index contributed by atoms with van der Waals surface area (Å²) in [4.78, 5) is 18.0. The van der Waals surface area contributed by atoms with Crippen molar-refractivity contribution in [2.45, 2.75) is 6.54 Å². The Morgan fingerprint density at radius 3 is 2.44 bits per heavy atom. The second-order valence-electron chi connectivity index (χ2n) is 5.73. The lowest BCUT2D eigenvalue weighted by molar-refractivity contribution is -0.132. The molecule has 3 rings (SSSR count). The Hall–Kier alpha value is -2.62. The van der Waals surface area contributed by atoms with Crippen LogP contribution in [-0.2, 0) is 11.3 Å². The molecule has 1 aromatic heterocycles. The number of carbonyl (C=O) groups excluding carboxylic acids is 1. The van der Waals surface area contributed by atoms with Gasteiger partial charge in [0.1, 0.15) is 11.5 Å². The van der Waals surface area contributed by atoms with Crippen molar-refractivity contribution in [3.63, 3.8) is 0 Å². The summed E-state index contributed by atoms with van der Waals surface area (Å²) in [5.41, 5.74) is 0.807. The number of halogens is 1. The van der Waals surface area contributed by atoms with Gasteiger partial charge < -0.3 is 18.9 Å². The molecule has 7 nitrogen and oxygen atoms in total. The van der Waals surface area contributed by atoms with Crippen LogP contribution in [0.3, 0.4) is 0 Å². The molecule has 0 bridgehead atoms. The van der Waals surface area contributed by atoms with Crippen LogP contribution >= 0.6 is 22.6 Å². The van der Waals surface area contributed by atoms with Gasteiger partial charge in [0, 0.05) is 16.2 Å². The van der Waals surface area contributed by atoms with Gasteiger partial charge in [0.25, 0.3) is 5.91 Å². The molecule has 140 valence electrons. The number of nitrogens with zero attached hydrogens (tertiary/aromatic N) is 3. The molecule has 3 aromatic rings. The van der Waals surface area contributed by atoms with Gasteiger partial charge in [-0.15, -0.1) is 0 Å². The molecule has 27 heavy (non-hydrogen) atoms. The molecular formula is C19H18IN3O4. The third-order valence-electron chi connectivity index (χ3n) is 3.79. The molecule has 0 aliphatic carbocycles. The largest absolute Gasteiger partial charge is 0.497 e. The van der Waals surface area contributed by atoms with E-state index in [1.807, 2.05) is 48.5 Å². The van der Waals surface area contributed by atoms with Crippen LogP contribution in [0.5, 0.6) is 11.5 Å². The lowest BCUT2D eigenvalue weighted by Gasteiger charge is -2.15. The van der Waals surface area contributed by atoms with Gasteiger partial charge in [-0.25, -0.2) is 0 Å². The fourth-order valence-electron chi connectivity index (χ4n) is 2.25. The fraction of sp³-hybridized carbons (Fsp3) is 0.211. The molecule has 0 N–H and O–H groups in total. The predicted molar refractivity (Wildman–Crippen MR) is 107 cm³/mol. The zero-order valence-electron chi connectivity index (χ0n) is 14.9. The second kappa shape index (κ2) is 8.85. The highest BCUT2D eigenvalue weighted by atomic mass is 127. The number of methoxy groups -OCH3 is 1. The van der Waals surface area contributed by atoms with Crippen molar-refractivity contribution in [1.29, 1.82) is 0 Å². The van der Waals surface area contributed by atoms with Crippen LogP contribution in [0.1, 0.15) is 5.89 Å². The van der Waals surface area contributed by atoms with Crippen LogP contribution in [0, 0.1) is 3.57 Å². The van der Waals surface area contributed by atoms with Crippen LogP contribution in [0.15, 0.2) is 53.1 Å². The maximum atomic E-state index is 12.2. The fourth-order valence-corrected chi connectivity index (χ4v) is 2.61. The van der Waals surface area contributed by atoms with Gasteiger partial charge in [-0.2, -0.15) is 4.98 Å². The van der Waals surface area contributed by atoms with Crippen molar-refractivity contribution in [2.24, 2.45) is 0 Å². The van der Waals surface area contributed by atoms with Crippen LogP contribution in [0.25, 0.3) is 11.4 Å². The smallest absolute Gasteiger partial charge is 0.260 e. The first-order valence-corrected chi connectivity index (χ1v) is 9.22. The molecule has 0 unspecified atom stereocenters. The zero-order chi connectivity index (χ0) is 19.2. The van der Waals surface area contributed by atoms with E-state index in [9.17, 15) is 4.79 Å². The Morgan fingerprint density at radius 1 is 1.11 bits per heavy atom. The number of hydrogen-bond acceptors (Lipinski definition) is 6. The topological polar surface area (TPSA) is 77.7 Å². The lowest BCUT2D eigenvalue weighted by Crippen LogP contribution is -2.31. The number of carbonyl (C=O) groups is 1. The van der Waals surface area contributed by atoms with Gasteiger partial charge in [-0.3, -0.25) is 4.79 Å². The van der Waals surface area contributed by atoms with Gasteiger partial charge in [-0.1, -0.05) is 5.16 Å². The molecule has 0 atom stereocenters. The highest BCUT2D eigenvalue weighted by Crippen LogP contribution is 2.20. The normalized spacial score (nSPS) is 10.5. The highest BCUT2D eigenvalue weighted by Gasteiger charge is 2.15. The quantitative estimate of drug-likeness (QED) is 0.484. The Labute approximate surface area is 170 Å². The number of likely N-dealkylation sites (N-methyl/N-ethyl adjacent to an activating group) is 1. The molecule has 8 heteroatoms. The van der Waals surface area contributed by atoms with Crippen molar-refractivity contribution in [3.8, 4) is 22.9 Å². The molecule has 0 fully saturated rings. The number of aromatic nitrogens is 2. The van der Waals surface area contributed by atoms with Crippen molar-refractivity contribution in [3.05, 3.63) is 58.0 Å². The average Bonchev–Trinajstić information content (AvgIpc) is 3.15. The van der Waals surface area contributed by atoms with Crippen molar-refractivity contribution < 1.29 is 18.8 Å². The summed E-state index contributed by atoms with van der Waals surface area (Å²) in [6.45, 7) is 0.147. The number of amides is 1. The monoisotopic (exact) mass is 479 g/mol. The SMILES string of the molecule is COc1ccc(-c2noc(CN(C)C(=O)COc3ccc(I)cc3)n2)cc1. The molecular weight excluding hydrogens is 461 g/mol. The van der Waals surface area contributed by atoms with Gasteiger partial charge in [-0.05, 0) is 71.1 Å². The molecule has 2 aromatic carbocycles. The first kappa shape index (κ1) is 19.2. The molecule has 0 saturated carbocycles. The van der Waals surface area contributed by atoms with Gasteiger partial charge in [0.05, 0.1) is 13.7 Å². The zero-order valence-corrected chi connectivity index (χ0v) is 17.0. The Balaban J connectivity index is 1.55. The molecule has 0 radical (unpaired) electrons. The van der Waals surface area contributed by atoms with Crippen LogP contribution < -0.4 is 9.47 Å². The van der Waals surface area contributed by atoms with Crippen LogP contribution in [-0.4, -0.2) is 41.7 Å². The molecule has 0 saturated heterocycles. The van der Waals surface area contributed by atoms with Crippen LogP contribution in [0.4, 0.5) is 0 Å². The summed E-state index contributed by atoms with van der Waals surface area (Å²) in [7, 11) is 3.27. The molecule has 1 heterocycles. The molecule has 1 amide bonds. The first-order chi connectivity index (χ1) is 13.0. The highest BCUT2D eigenvalue weighted by molar-refractivity contribution is 14.1. The van der Waals surface area contributed by atoms with Gasteiger partial charge in [0.15, 0.2) is 6.61 Å². The van der Waals surface area contributed by atoms with E-state index in [4.69, 9.17) is 14.0 Å². The Morgan fingerprint density at radius 2 is 1.78 bits per heavy atom. The predicted octanol–water partition coefficient (Wildman–Crippen LogP) is 3.39. The summed E-state index contributed by atoms with van der Waals surface area (Å²) in [6, 6.07) is 14.8. The van der Waals surface area contributed by atoms with Gasteiger partial charge >= 0.3 is 0 Å². The first-order valence-electron chi connectivity index (χ1n) is 8.14. The van der Waals surface area contributed by atoms with E-state index < -0.39 is 0 Å². The van der Waals surface area contributed by atoms with Gasteiger partial charge in [0.2, 0.25) is 11.7 Å². The third-order valence-corrected chi connectivity index (χ3v) is 4.51. The summed E-state index contributed by atoms with van der Waals surface area (Å²) < 4.78 is 17.0. The summed E-state index contributed by atoms with van der Waals surface area (Å²) in [5.74, 6) is 2.03. The maximum Gasteiger partial charge on any atom is 0.260 e. The second-order valence-corrected chi connectivity index (χ2v) is 6.98. The molecule has 0 spiro atoms. The summed E-state index contributed by atoms with van der Waals surface area (Å²) >= 11 is 2.21. The lowest BCUT2D eigenvalue weighted by atomic mass is 10.2. The minimum absolute atomic E-state index is 0.0590. The molecule has 0 aliphatic heterocycles.